The number of aromatic amines is 1. The smallest absolute Gasteiger partial charge is 0.403 e. The second kappa shape index (κ2) is 13.3. The summed E-state index contributed by atoms with van der Waals surface area (Å²) < 4.78 is 29.6. The van der Waals surface area contributed by atoms with Crippen molar-refractivity contribution in [1.29, 1.82) is 0 Å². The highest BCUT2D eigenvalue weighted by molar-refractivity contribution is 7.50. The fourth-order valence-corrected chi connectivity index (χ4v) is 5.19. The molecule has 15 nitrogen and oxygen atoms in total. The number of ether oxygens (including phenoxy) is 2. The van der Waals surface area contributed by atoms with E-state index in [0.29, 0.717) is 0 Å². The molecule has 0 saturated carbocycles. The summed E-state index contributed by atoms with van der Waals surface area (Å²) in [6.07, 6.45) is 2.02. The van der Waals surface area contributed by atoms with Gasteiger partial charge >= 0.3 is 19.4 Å². The first-order valence-corrected chi connectivity index (χ1v) is 13.6. The Bertz CT molecular complexity index is 1130. The summed E-state index contributed by atoms with van der Waals surface area (Å²) in [6, 6.07) is -0.150. The Morgan fingerprint density at radius 3 is 2.62 bits per heavy atom. The molecule has 0 spiro atoms. The summed E-state index contributed by atoms with van der Waals surface area (Å²) in [5.74, 6) is -1.42. The Morgan fingerprint density at radius 2 is 2.05 bits per heavy atom. The summed E-state index contributed by atoms with van der Waals surface area (Å²) >= 11 is 0. The van der Waals surface area contributed by atoms with Gasteiger partial charge in [0.2, 0.25) is 0 Å². The van der Waals surface area contributed by atoms with Crippen molar-refractivity contribution in [2.24, 2.45) is 17.0 Å². The molecule has 4 N–H and O–H groups in total. The van der Waals surface area contributed by atoms with E-state index in [4.69, 9.17) is 19.5 Å². The van der Waals surface area contributed by atoms with Gasteiger partial charge in [-0.15, -0.1) is 0 Å². The van der Waals surface area contributed by atoms with E-state index in [2.05, 4.69) is 15.1 Å². The van der Waals surface area contributed by atoms with Crippen LogP contribution in [0.4, 0.5) is 0 Å². The summed E-state index contributed by atoms with van der Waals surface area (Å²) in [5.41, 5.74) is 5.38. The molecule has 16 heteroatoms. The second-order valence-electron chi connectivity index (χ2n) is 9.08. The Kier molecular flexibility index (Phi) is 11.1. The van der Waals surface area contributed by atoms with Crippen molar-refractivity contribution in [2.45, 2.75) is 77.5 Å². The number of carbonyl (C=O) groups is 1. The van der Waals surface area contributed by atoms with E-state index in [1.54, 1.807) is 0 Å². The van der Waals surface area contributed by atoms with Crippen LogP contribution in [-0.4, -0.2) is 56.6 Å². The third-order valence-corrected chi connectivity index (χ3v) is 7.28. The lowest BCUT2D eigenvalue weighted by molar-refractivity contribution is -0.147. The third kappa shape index (κ3) is 7.99. The van der Waals surface area contributed by atoms with Gasteiger partial charge in [-0.2, -0.15) is 0 Å². The highest BCUT2D eigenvalue weighted by atomic mass is 31.2. The van der Waals surface area contributed by atoms with Gasteiger partial charge in [-0.3, -0.25) is 23.7 Å². The van der Waals surface area contributed by atoms with Crippen molar-refractivity contribution >= 4 is 13.7 Å². The average molecular weight is 547 g/mol. The van der Waals surface area contributed by atoms with Crippen LogP contribution in [0.2, 0.25) is 0 Å². The number of rotatable bonds is 14. The first-order valence-electron chi connectivity index (χ1n) is 12.0. The summed E-state index contributed by atoms with van der Waals surface area (Å²) in [4.78, 5) is 50.9. The zero-order chi connectivity index (χ0) is 27.8. The number of nitrogens with one attached hydrogen (secondary N) is 2. The maximum Gasteiger partial charge on any atom is 0.403 e. The van der Waals surface area contributed by atoms with Crippen molar-refractivity contribution in [3.8, 4) is 0 Å². The largest absolute Gasteiger partial charge is 0.464 e. The van der Waals surface area contributed by atoms with Gasteiger partial charge in [-0.05, 0) is 31.2 Å². The van der Waals surface area contributed by atoms with Gasteiger partial charge in [-0.25, -0.2) is 14.4 Å². The number of aliphatic hydroxyl groups excluding tert-OH is 1. The number of azide groups is 1. The molecular weight excluding hydrogens is 511 g/mol. The normalized spacial score (nSPS) is 25.9. The first-order chi connectivity index (χ1) is 17.4. The van der Waals surface area contributed by atoms with E-state index in [0.717, 1.165) is 42.5 Å². The van der Waals surface area contributed by atoms with Gasteiger partial charge in [0.15, 0.2) is 5.72 Å². The van der Waals surface area contributed by atoms with Crippen molar-refractivity contribution in [3.63, 3.8) is 0 Å². The number of carbonyl (C=O) groups excluding carboxylic acids is 1. The molecule has 2 rings (SSSR count). The summed E-state index contributed by atoms with van der Waals surface area (Å²) in [5, 5.41) is 16.4. The number of hydrogen-bond acceptors (Lipinski definition) is 9. The Morgan fingerprint density at radius 1 is 1.41 bits per heavy atom. The van der Waals surface area contributed by atoms with Crippen LogP contribution in [0, 0.1) is 11.8 Å². The molecule has 1 aromatic heterocycles. The van der Waals surface area contributed by atoms with E-state index in [1.165, 1.54) is 13.8 Å². The van der Waals surface area contributed by atoms with Crippen LogP contribution in [0.3, 0.4) is 0 Å². The van der Waals surface area contributed by atoms with E-state index in [9.17, 15) is 28.9 Å². The SMILES string of the molecule is CCCC(CCC)COC(=O)[C@H](C)NP(=O)(O)OC[C@@]1(N=[N+]=[N-])O[C@@H](n2ccc(=O)[nH]c2=O)[C@@H](C)[C@@H]1O. The van der Waals surface area contributed by atoms with Crippen LogP contribution in [-0.2, 0) is 23.4 Å². The Labute approximate surface area is 213 Å². The van der Waals surface area contributed by atoms with Crippen molar-refractivity contribution in [1.82, 2.24) is 14.6 Å². The monoisotopic (exact) mass is 546 g/mol. The van der Waals surface area contributed by atoms with Crippen molar-refractivity contribution < 1.29 is 33.4 Å². The number of esters is 1. The van der Waals surface area contributed by atoms with Crippen LogP contribution in [0.1, 0.15) is 59.6 Å². The molecule has 1 aliphatic heterocycles. The number of aliphatic hydroxyl groups is 1. The highest BCUT2D eigenvalue weighted by Gasteiger charge is 2.54. The summed E-state index contributed by atoms with van der Waals surface area (Å²) in [6.45, 7) is 6.17. The van der Waals surface area contributed by atoms with E-state index < -0.39 is 61.6 Å². The standard InChI is InChI=1S/C21H35N6O9P/c1-5-7-15(8-6-2)11-34-19(30)14(4)24-37(32,33)35-12-21(25-26-22)17(29)13(3)18(36-21)27-10-9-16(28)23-20(27)31/h9-10,13-15,17-18,29H,5-8,11-12H2,1-4H3,(H,23,28,31)(H2,24,32,33)/t13-,14-,17-,18+,21+/m0/s1. The van der Waals surface area contributed by atoms with Gasteiger partial charge < -0.3 is 19.5 Å². The highest BCUT2D eigenvalue weighted by Crippen LogP contribution is 2.46. The predicted octanol–water partition coefficient (Wildman–Crippen LogP) is 1.92. The molecule has 0 aliphatic carbocycles. The average Bonchev–Trinajstić information content (AvgIpc) is 3.07. The molecule has 6 atom stereocenters. The van der Waals surface area contributed by atoms with Crippen LogP contribution in [0.25, 0.3) is 10.4 Å². The van der Waals surface area contributed by atoms with Gasteiger partial charge in [0.1, 0.15) is 12.3 Å². The molecule has 0 amide bonds. The Balaban J connectivity index is 2.09. The lowest BCUT2D eigenvalue weighted by Crippen LogP contribution is -2.44. The van der Waals surface area contributed by atoms with Crippen molar-refractivity contribution in [3.05, 3.63) is 43.5 Å². The second-order valence-corrected chi connectivity index (χ2v) is 10.6. The fourth-order valence-electron chi connectivity index (χ4n) is 4.16. The molecule has 1 aliphatic rings. The van der Waals surface area contributed by atoms with Crippen molar-refractivity contribution in [2.75, 3.05) is 13.2 Å². The predicted molar refractivity (Wildman–Crippen MR) is 131 cm³/mol. The fraction of sp³-hybridized carbons (Fsp3) is 0.762. The lowest BCUT2D eigenvalue weighted by Gasteiger charge is -2.28. The molecule has 1 unspecified atom stereocenters. The molecule has 208 valence electrons. The molecule has 0 radical (unpaired) electrons. The third-order valence-electron chi connectivity index (χ3n) is 6.09. The minimum atomic E-state index is -4.69. The maximum atomic E-state index is 12.7. The zero-order valence-corrected chi connectivity index (χ0v) is 22.2. The molecule has 0 bridgehead atoms. The van der Waals surface area contributed by atoms with Gasteiger partial charge in [0.25, 0.3) is 5.56 Å². The van der Waals surface area contributed by atoms with E-state index in [1.807, 2.05) is 18.8 Å². The molecule has 2 heterocycles. The topological polar surface area (TPSA) is 218 Å². The molecule has 0 aromatic carbocycles. The zero-order valence-electron chi connectivity index (χ0n) is 21.3. The van der Waals surface area contributed by atoms with Crippen LogP contribution in [0.15, 0.2) is 27.0 Å². The summed E-state index contributed by atoms with van der Waals surface area (Å²) in [7, 11) is -4.69. The number of aromatic nitrogens is 2. The van der Waals surface area contributed by atoms with Gasteiger partial charge in [-0.1, -0.05) is 38.7 Å². The number of nitrogens with zero attached hydrogens (tertiary/aromatic N) is 4. The van der Waals surface area contributed by atoms with E-state index in [-0.39, 0.29) is 12.5 Å². The van der Waals surface area contributed by atoms with Crippen LogP contribution >= 0.6 is 7.75 Å². The van der Waals surface area contributed by atoms with E-state index >= 15 is 0 Å². The van der Waals surface area contributed by atoms with Crippen LogP contribution < -0.4 is 16.3 Å². The molecule has 1 saturated heterocycles. The quantitative estimate of drug-likeness (QED) is 0.0873. The molecule has 37 heavy (non-hydrogen) atoms. The maximum absolute atomic E-state index is 12.7. The Hall–Kier alpha value is -2.51. The molecule has 1 aromatic rings. The van der Waals surface area contributed by atoms with Crippen LogP contribution in [0.5, 0.6) is 0 Å². The molecular formula is C21H35N6O9P. The molecule has 1 fully saturated rings. The van der Waals surface area contributed by atoms with Gasteiger partial charge in [0.05, 0.1) is 19.3 Å². The lowest BCUT2D eigenvalue weighted by atomic mass is 9.98. The minimum absolute atomic E-state index is 0.187. The number of H-pyrrole nitrogens is 1. The minimum Gasteiger partial charge on any atom is -0.464 e. The first kappa shape index (κ1) is 30.7. The van der Waals surface area contributed by atoms with Gasteiger partial charge in [0, 0.05) is 23.1 Å². The number of hydrogen-bond donors (Lipinski definition) is 4.